The molecule has 0 aromatic carbocycles. The third-order valence-corrected chi connectivity index (χ3v) is 6.63. The summed E-state index contributed by atoms with van der Waals surface area (Å²) < 4.78 is 0. The van der Waals surface area contributed by atoms with E-state index in [0.29, 0.717) is 0 Å². The highest BCUT2D eigenvalue weighted by Crippen LogP contribution is 2.40. The van der Waals surface area contributed by atoms with Gasteiger partial charge in [0.1, 0.15) is 11.2 Å². The number of carbonyl (C=O) groups excluding carboxylic acids is 1. The highest BCUT2D eigenvalue weighted by atomic mass is 16.3. The standard InChI is InChI=1S/C23H34O5/c1-15-9-7-11-17(22(15,5)27)13-20(3,25)19(24)21(4,26)14-18-12-8-10-16(2)23(18,6)28/h7-12,17-18,25-28H,13-14H2,1-6H3. The minimum atomic E-state index is -1.84. The summed E-state index contributed by atoms with van der Waals surface area (Å²) >= 11 is 0. The van der Waals surface area contributed by atoms with E-state index in [0.717, 1.165) is 11.1 Å². The van der Waals surface area contributed by atoms with Gasteiger partial charge in [0, 0.05) is 11.8 Å². The van der Waals surface area contributed by atoms with Crippen LogP contribution in [-0.4, -0.2) is 48.6 Å². The summed E-state index contributed by atoms with van der Waals surface area (Å²) in [5, 5.41) is 43.4. The van der Waals surface area contributed by atoms with Crippen LogP contribution in [0.1, 0.15) is 54.4 Å². The fourth-order valence-electron chi connectivity index (χ4n) is 4.12. The largest absolute Gasteiger partial charge is 0.385 e. The second-order valence-corrected chi connectivity index (χ2v) is 9.26. The van der Waals surface area contributed by atoms with Gasteiger partial charge in [0.2, 0.25) is 0 Å². The van der Waals surface area contributed by atoms with Gasteiger partial charge in [0.05, 0.1) is 11.2 Å². The fourth-order valence-corrected chi connectivity index (χ4v) is 4.12. The van der Waals surface area contributed by atoms with Crippen molar-refractivity contribution < 1.29 is 25.2 Å². The van der Waals surface area contributed by atoms with Crippen molar-refractivity contribution in [2.45, 2.75) is 76.8 Å². The molecule has 0 aromatic heterocycles. The number of Topliss-reactive ketones (excluding diaryl/α,β-unsaturated/α-hetero) is 1. The third kappa shape index (κ3) is 4.23. The summed E-state index contributed by atoms with van der Waals surface area (Å²) in [7, 11) is 0. The normalized spacial score (nSPS) is 36.9. The van der Waals surface area contributed by atoms with Gasteiger partial charge in [0.15, 0.2) is 5.78 Å². The van der Waals surface area contributed by atoms with Crippen LogP contribution in [0.5, 0.6) is 0 Å². The highest BCUT2D eigenvalue weighted by Gasteiger charge is 2.49. The topological polar surface area (TPSA) is 98.0 Å². The lowest BCUT2D eigenvalue weighted by Gasteiger charge is -2.41. The molecule has 2 rings (SSSR count). The predicted octanol–water partition coefficient (Wildman–Crippen LogP) is 2.60. The van der Waals surface area contributed by atoms with Crippen LogP contribution in [-0.2, 0) is 4.79 Å². The molecule has 0 radical (unpaired) electrons. The summed E-state index contributed by atoms with van der Waals surface area (Å²) in [5.74, 6) is -1.64. The fraction of sp³-hybridized carbons (Fsp3) is 0.609. The molecule has 0 bridgehead atoms. The first-order valence-electron chi connectivity index (χ1n) is 9.78. The molecule has 6 unspecified atom stereocenters. The summed E-state index contributed by atoms with van der Waals surface area (Å²) in [6, 6.07) is 0. The smallest absolute Gasteiger partial charge is 0.195 e. The molecule has 0 aromatic rings. The van der Waals surface area contributed by atoms with E-state index in [4.69, 9.17) is 0 Å². The number of carbonyl (C=O) groups is 1. The maximum atomic E-state index is 13.1. The Bertz CT molecular complexity index is 685. The van der Waals surface area contributed by atoms with E-state index in [1.54, 1.807) is 64.2 Å². The lowest BCUT2D eigenvalue weighted by molar-refractivity contribution is -0.159. The van der Waals surface area contributed by atoms with Crippen LogP contribution in [0.25, 0.3) is 0 Å². The Morgan fingerprint density at radius 3 is 1.54 bits per heavy atom. The number of ketones is 1. The maximum Gasteiger partial charge on any atom is 0.195 e. The van der Waals surface area contributed by atoms with Gasteiger partial charge in [-0.2, -0.15) is 0 Å². The first-order chi connectivity index (χ1) is 12.6. The van der Waals surface area contributed by atoms with Crippen molar-refractivity contribution in [2.75, 3.05) is 0 Å². The van der Waals surface area contributed by atoms with E-state index >= 15 is 0 Å². The Labute approximate surface area is 167 Å². The molecular formula is C23H34O5. The van der Waals surface area contributed by atoms with Gasteiger partial charge in [-0.25, -0.2) is 0 Å². The van der Waals surface area contributed by atoms with Crippen molar-refractivity contribution in [2.24, 2.45) is 11.8 Å². The second-order valence-electron chi connectivity index (χ2n) is 9.26. The molecule has 0 fully saturated rings. The number of allylic oxidation sites excluding steroid dienone is 4. The minimum Gasteiger partial charge on any atom is -0.385 e. The molecule has 2 aliphatic carbocycles. The summed E-state index contributed by atoms with van der Waals surface area (Å²) in [6.07, 6.45) is 10.7. The zero-order chi connectivity index (χ0) is 21.5. The Morgan fingerprint density at radius 2 is 1.21 bits per heavy atom. The Hall–Kier alpha value is -1.53. The average Bonchev–Trinajstić information content (AvgIpc) is 2.56. The molecule has 0 saturated carbocycles. The zero-order valence-electron chi connectivity index (χ0n) is 17.7. The minimum absolute atomic E-state index is 0.0213. The van der Waals surface area contributed by atoms with E-state index < -0.39 is 40.0 Å². The summed E-state index contributed by atoms with van der Waals surface area (Å²) in [5.41, 5.74) is -4.53. The Balaban J connectivity index is 2.18. The van der Waals surface area contributed by atoms with Crippen LogP contribution in [0.3, 0.4) is 0 Å². The number of hydrogen-bond acceptors (Lipinski definition) is 5. The predicted molar refractivity (Wildman–Crippen MR) is 110 cm³/mol. The molecule has 156 valence electrons. The molecule has 28 heavy (non-hydrogen) atoms. The van der Waals surface area contributed by atoms with Crippen molar-refractivity contribution in [3.05, 3.63) is 47.6 Å². The van der Waals surface area contributed by atoms with E-state index in [2.05, 4.69) is 0 Å². The van der Waals surface area contributed by atoms with E-state index in [1.165, 1.54) is 13.8 Å². The van der Waals surface area contributed by atoms with Gasteiger partial charge in [-0.15, -0.1) is 0 Å². The van der Waals surface area contributed by atoms with Crippen LogP contribution in [0.4, 0.5) is 0 Å². The molecule has 4 N–H and O–H groups in total. The molecule has 6 atom stereocenters. The molecule has 5 nitrogen and oxygen atoms in total. The summed E-state index contributed by atoms with van der Waals surface area (Å²) in [6.45, 7) is 9.67. The molecule has 5 heteroatoms. The molecule has 0 amide bonds. The van der Waals surface area contributed by atoms with E-state index in [-0.39, 0.29) is 12.8 Å². The molecule has 2 aliphatic rings. The van der Waals surface area contributed by atoms with Gasteiger partial charge in [-0.1, -0.05) is 36.5 Å². The van der Waals surface area contributed by atoms with Crippen LogP contribution in [0, 0.1) is 11.8 Å². The molecule has 0 aliphatic heterocycles. The van der Waals surface area contributed by atoms with Crippen molar-refractivity contribution in [1.82, 2.24) is 0 Å². The van der Waals surface area contributed by atoms with Gasteiger partial charge in [0.25, 0.3) is 0 Å². The summed E-state index contributed by atoms with van der Waals surface area (Å²) in [4.78, 5) is 13.1. The Kier molecular flexibility index (Phi) is 5.99. The molecule has 0 saturated heterocycles. The van der Waals surface area contributed by atoms with Crippen LogP contribution < -0.4 is 0 Å². The lowest BCUT2D eigenvalue weighted by atomic mass is 9.69. The first kappa shape index (κ1) is 22.8. The second kappa shape index (κ2) is 7.38. The van der Waals surface area contributed by atoms with Crippen molar-refractivity contribution >= 4 is 5.78 Å². The van der Waals surface area contributed by atoms with E-state index in [1.807, 2.05) is 0 Å². The Morgan fingerprint density at radius 1 is 0.893 bits per heavy atom. The van der Waals surface area contributed by atoms with E-state index in [9.17, 15) is 25.2 Å². The number of hydrogen-bond donors (Lipinski definition) is 4. The molecule has 0 heterocycles. The van der Waals surface area contributed by atoms with Crippen molar-refractivity contribution in [3.8, 4) is 0 Å². The zero-order valence-corrected chi connectivity index (χ0v) is 17.7. The first-order valence-corrected chi connectivity index (χ1v) is 9.78. The highest BCUT2D eigenvalue weighted by molar-refractivity contribution is 5.93. The van der Waals surface area contributed by atoms with Gasteiger partial charge in [-0.3, -0.25) is 4.79 Å². The quantitative estimate of drug-likeness (QED) is 0.559. The monoisotopic (exact) mass is 390 g/mol. The number of aliphatic hydroxyl groups is 4. The molecular weight excluding hydrogens is 356 g/mol. The van der Waals surface area contributed by atoms with Crippen molar-refractivity contribution in [1.29, 1.82) is 0 Å². The molecule has 0 spiro atoms. The SMILES string of the molecule is CC1=CC=CC(CC(C)(O)C(=O)C(C)(O)CC2C=CC=C(C)C2(C)O)C1(C)O. The van der Waals surface area contributed by atoms with Gasteiger partial charge in [-0.05, 0) is 65.5 Å². The van der Waals surface area contributed by atoms with Gasteiger partial charge < -0.3 is 20.4 Å². The van der Waals surface area contributed by atoms with Crippen LogP contribution in [0.2, 0.25) is 0 Å². The van der Waals surface area contributed by atoms with Crippen LogP contribution >= 0.6 is 0 Å². The van der Waals surface area contributed by atoms with Crippen molar-refractivity contribution in [3.63, 3.8) is 0 Å². The lowest BCUT2D eigenvalue weighted by Crippen LogP contribution is -2.54. The van der Waals surface area contributed by atoms with Gasteiger partial charge >= 0.3 is 0 Å². The third-order valence-electron chi connectivity index (χ3n) is 6.63. The number of rotatable bonds is 6. The van der Waals surface area contributed by atoms with Crippen LogP contribution in [0.15, 0.2) is 47.6 Å². The average molecular weight is 391 g/mol. The maximum absolute atomic E-state index is 13.1.